The molecule has 0 heterocycles. The molecular weight excluding hydrogens is 318 g/mol. The van der Waals surface area contributed by atoms with Gasteiger partial charge in [-0.2, -0.15) is 0 Å². The van der Waals surface area contributed by atoms with Gasteiger partial charge in [-0.3, -0.25) is 14.9 Å². The lowest BCUT2D eigenvalue weighted by molar-refractivity contribution is -0.384. The Hall–Kier alpha value is -2.60. The number of likely N-dealkylation sites (N-methyl/N-ethyl adjacent to an activating group) is 1. The molecule has 120 valence electrons. The van der Waals surface area contributed by atoms with Crippen molar-refractivity contribution < 1.29 is 9.72 Å². The second kappa shape index (κ2) is 7.60. The van der Waals surface area contributed by atoms with E-state index >= 15 is 0 Å². The topological polar surface area (TPSA) is 75.5 Å². The maximum Gasteiger partial charge on any atom is 0.289 e. The van der Waals surface area contributed by atoms with Gasteiger partial charge in [0.25, 0.3) is 5.69 Å². The van der Waals surface area contributed by atoms with Crippen molar-refractivity contribution in [2.45, 2.75) is 6.92 Å². The molecule has 0 spiro atoms. The van der Waals surface area contributed by atoms with E-state index in [2.05, 4.69) is 5.32 Å². The smallest absolute Gasteiger partial charge is 0.289 e. The van der Waals surface area contributed by atoms with Gasteiger partial charge in [0.2, 0.25) is 5.91 Å². The number of amides is 1. The summed E-state index contributed by atoms with van der Waals surface area (Å²) in [6, 6.07) is 13.7. The standard InChI is InChI=1S/C16H16ClN3O3/c1-2-19(13-6-4-3-5-7-13)11-16(21)18-12-8-9-14(17)15(10-12)20(22)23/h3-10H,2,11H2,1H3,(H,18,21). The van der Waals surface area contributed by atoms with E-state index < -0.39 is 4.92 Å². The van der Waals surface area contributed by atoms with Crippen molar-refractivity contribution in [1.82, 2.24) is 0 Å². The number of hydrogen-bond acceptors (Lipinski definition) is 4. The highest BCUT2D eigenvalue weighted by Gasteiger charge is 2.15. The predicted octanol–water partition coefficient (Wildman–Crippen LogP) is 3.71. The summed E-state index contributed by atoms with van der Waals surface area (Å²) in [6.07, 6.45) is 0. The van der Waals surface area contributed by atoms with Gasteiger partial charge in [-0.15, -0.1) is 0 Å². The monoisotopic (exact) mass is 333 g/mol. The third-order valence-electron chi connectivity index (χ3n) is 3.26. The fourth-order valence-corrected chi connectivity index (χ4v) is 2.32. The number of para-hydroxylation sites is 1. The van der Waals surface area contributed by atoms with Gasteiger partial charge >= 0.3 is 0 Å². The van der Waals surface area contributed by atoms with Gasteiger partial charge in [0, 0.05) is 24.0 Å². The van der Waals surface area contributed by atoms with Crippen molar-refractivity contribution in [2.75, 3.05) is 23.3 Å². The first-order chi connectivity index (χ1) is 11.0. The van der Waals surface area contributed by atoms with Crippen LogP contribution in [0, 0.1) is 10.1 Å². The van der Waals surface area contributed by atoms with Gasteiger partial charge in [-0.25, -0.2) is 0 Å². The van der Waals surface area contributed by atoms with Crippen molar-refractivity contribution in [3.05, 3.63) is 63.7 Å². The quantitative estimate of drug-likeness (QED) is 0.645. The van der Waals surface area contributed by atoms with Crippen LogP contribution in [0.5, 0.6) is 0 Å². The molecule has 0 aliphatic rings. The minimum absolute atomic E-state index is 0.0347. The lowest BCUT2D eigenvalue weighted by Crippen LogP contribution is -2.33. The largest absolute Gasteiger partial charge is 0.362 e. The first kappa shape index (κ1) is 16.8. The molecule has 1 N–H and O–H groups in total. The van der Waals surface area contributed by atoms with Gasteiger partial charge in [0.05, 0.1) is 11.5 Å². The molecule has 0 saturated carbocycles. The molecule has 0 aromatic heterocycles. The molecule has 0 saturated heterocycles. The SMILES string of the molecule is CCN(CC(=O)Nc1ccc(Cl)c([N+](=O)[O-])c1)c1ccccc1. The van der Waals surface area contributed by atoms with Crippen molar-refractivity contribution in [2.24, 2.45) is 0 Å². The lowest BCUT2D eigenvalue weighted by atomic mass is 10.2. The van der Waals surface area contributed by atoms with Crippen LogP contribution in [-0.4, -0.2) is 23.9 Å². The van der Waals surface area contributed by atoms with Gasteiger partial charge in [0.15, 0.2) is 0 Å². The molecule has 2 rings (SSSR count). The lowest BCUT2D eigenvalue weighted by Gasteiger charge is -2.22. The van der Waals surface area contributed by atoms with Crippen LogP contribution in [0.1, 0.15) is 6.92 Å². The Bertz CT molecular complexity index is 707. The molecule has 2 aromatic rings. The number of nitrogens with zero attached hydrogens (tertiary/aromatic N) is 2. The third kappa shape index (κ3) is 4.43. The van der Waals surface area contributed by atoms with Crippen LogP contribution >= 0.6 is 11.6 Å². The molecule has 0 bridgehead atoms. The summed E-state index contributed by atoms with van der Waals surface area (Å²) in [5, 5.41) is 13.6. The Balaban J connectivity index is 2.07. The van der Waals surface area contributed by atoms with E-state index in [-0.39, 0.29) is 23.2 Å². The van der Waals surface area contributed by atoms with Crippen LogP contribution < -0.4 is 10.2 Å². The number of nitro groups is 1. The molecule has 0 fully saturated rings. The van der Waals surface area contributed by atoms with E-state index in [0.717, 1.165) is 5.69 Å². The molecule has 2 aromatic carbocycles. The number of halogens is 1. The number of hydrogen-bond donors (Lipinski definition) is 1. The van der Waals surface area contributed by atoms with Crippen LogP contribution in [0.15, 0.2) is 48.5 Å². The molecule has 0 atom stereocenters. The second-order valence-electron chi connectivity index (χ2n) is 4.82. The van der Waals surface area contributed by atoms with Crippen LogP contribution in [0.25, 0.3) is 0 Å². The Morgan fingerprint density at radius 1 is 1.26 bits per heavy atom. The number of nitrogens with one attached hydrogen (secondary N) is 1. The molecule has 0 aliphatic heterocycles. The third-order valence-corrected chi connectivity index (χ3v) is 3.58. The zero-order chi connectivity index (χ0) is 16.8. The van der Waals surface area contributed by atoms with Crippen LogP contribution in [0.3, 0.4) is 0 Å². The van der Waals surface area contributed by atoms with Gasteiger partial charge in [-0.05, 0) is 31.2 Å². The summed E-state index contributed by atoms with van der Waals surface area (Å²) in [4.78, 5) is 24.4. The maximum atomic E-state index is 12.2. The molecule has 1 amide bonds. The minimum atomic E-state index is -0.583. The number of carbonyl (C=O) groups is 1. The Kier molecular flexibility index (Phi) is 5.54. The highest BCUT2D eigenvalue weighted by Crippen LogP contribution is 2.27. The number of nitro benzene ring substituents is 1. The molecule has 0 unspecified atom stereocenters. The van der Waals surface area contributed by atoms with Gasteiger partial charge in [0.1, 0.15) is 5.02 Å². The fourth-order valence-electron chi connectivity index (χ4n) is 2.13. The summed E-state index contributed by atoms with van der Waals surface area (Å²) in [5.74, 6) is -0.257. The Labute approximate surface area is 138 Å². The van der Waals surface area contributed by atoms with Crippen molar-refractivity contribution in [3.63, 3.8) is 0 Å². The zero-order valence-corrected chi connectivity index (χ0v) is 13.3. The van der Waals surface area contributed by atoms with Gasteiger partial charge in [-0.1, -0.05) is 29.8 Å². The number of anilines is 2. The molecule has 0 aliphatic carbocycles. The predicted molar refractivity (Wildman–Crippen MR) is 91.1 cm³/mol. The summed E-state index contributed by atoms with van der Waals surface area (Å²) in [6.45, 7) is 2.77. The van der Waals surface area contributed by atoms with Crippen LogP contribution in [0.4, 0.5) is 17.1 Å². The van der Waals surface area contributed by atoms with Gasteiger partial charge < -0.3 is 10.2 Å². The molecular formula is C16H16ClN3O3. The molecule has 23 heavy (non-hydrogen) atoms. The Morgan fingerprint density at radius 2 is 1.96 bits per heavy atom. The average molecular weight is 334 g/mol. The van der Waals surface area contributed by atoms with E-state index in [9.17, 15) is 14.9 Å². The summed E-state index contributed by atoms with van der Waals surface area (Å²) in [5.41, 5.74) is 1.04. The average Bonchev–Trinajstić information content (AvgIpc) is 2.55. The van der Waals surface area contributed by atoms with Crippen molar-refractivity contribution in [3.8, 4) is 0 Å². The van der Waals surface area contributed by atoms with Crippen LogP contribution in [-0.2, 0) is 4.79 Å². The number of benzene rings is 2. The van der Waals surface area contributed by atoms with E-state index in [1.807, 2.05) is 42.2 Å². The minimum Gasteiger partial charge on any atom is -0.362 e. The molecule has 0 radical (unpaired) electrons. The summed E-state index contributed by atoms with van der Waals surface area (Å²) in [7, 11) is 0. The highest BCUT2D eigenvalue weighted by molar-refractivity contribution is 6.32. The Morgan fingerprint density at radius 3 is 2.57 bits per heavy atom. The van der Waals surface area contributed by atoms with Crippen molar-refractivity contribution in [1.29, 1.82) is 0 Å². The molecule has 7 heteroatoms. The van der Waals surface area contributed by atoms with E-state index in [4.69, 9.17) is 11.6 Å². The van der Waals surface area contributed by atoms with Crippen molar-refractivity contribution >= 4 is 34.6 Å². The number of rotatable bonds is 6. The maximum absolute atomic E-state index is 12.2. The second-order valence-corrected chi connectivity index (χ2v) is 5.23. The zero-order valence-electron chi connectivity index (χ0n) is 12.5. The van der Waals surface area contributed by atoms with E-state index in [1.165, 1.54) is 18.2 Å². The fraction of sp³-hybridized carbons (Fsp3) is 0.188. The molecule has 6 nitrogen and oxygen atoms in total. The van der Waals surface area contributed by atoms with Crippen LogP contribution in [0.2, 0.25) is 5.02 Å². The first-order valence-corrected chi connectivity index (χ1v) is 7.43. The first-order valence-electron chi connectivity index (χ1n) is 7.05. The van der Waals surface area contributed by atoms with E-state index in [1.54, 1.807) is 0 Å². The van der Waals surface area contributed by atoms with E-state index in [0.29, 0.717) is 12.2 Å². The normalized spacial score (nSPS) is 10.2. The summed E-state index contributed by atoms with van der Waals surface area (Å²) >= 11 is 5.75. The summed E-state index contributed by atoms with van der Waals surface area (Å²) < 4.78 is 0. The number of carbonyl (C=O) groups excluding carboxylic acids is 1. The highest BCUT2D eigenvalue weighted by atomic mass is 35.5.